The molecule has 1 fully saturated rings. The lowest BCUT2D eigenvalue weighted by atomic mass is 9.87. The largest absolute Gasteiger partial charge is 0.388 e. The normalized spacial score (nSPS) is 20.4. The van der Waals surface area contributed by atoms with Crippen LogP contribution >= 0.6 is 0 Å². The Kier molecular flexibility index (Phi) is 6.65. The highest BCUT2D eigenvalue weighted by Crippen LogP contribution is 2.26. The summed E-state index contributed by atoms with van der Waals surface area (Å²) >= 11 is 0. The summed E-state index contributed by atoms with van der Waals surface area (Å²) in [5, 5.41) is 12.8. The molecule has 0 radical (unpaired) electrons. The monoisotopic (exact) mass is 257 g/mol. The summed E-state index contributed by atoms with van der Waals surface area (Å²) in [7, 11) is 1.61. The third-order valence-electron chi connectivity index (χ3n) is 3.71. The lowest BCUT2D eigenvalue weighted by Crippen LogP contribution is -2.41. The first-order chi connectivity index (χ1) is 8.53. The Bertz CT molecular complexity index is 247. The van der Waals surface area contributed by atoms with Crippen molar-refractivity contribution in [3.8, 4) is 0 Å². The molecule has 1 aliphatic rings. The molecule has 1 amide bonds. The van der Waals surface area contributed by atoms with Crippen molar-refractivity contribution in [2.24, 2.45) is 5.92 Å². The quantitative estimate of drug-likeness (QED) is 0.732. The molecule has 106 valence electrons. The Hall–Kier alpha value is -0.610. The van der Waals surface area contributed by atoms with Gasteiger partial charge in [-0.15, -0.1) is 0 Å². The number of rotatable bonds is 7. The second-order valence-corrected chi connectivity index (χ2v) is 5.72. The molecule has 1 atom stereocenters. The molecule has 2 N–H and O–H groups in total. The maximum atomic E-state index is 11.8. The molecule has 0 heterocycles. The number of hydrogen-bond acceptors (Lipinski definition) is 3. The van der Waals surface area contributed by atoms with E-state index in [4.69, 9.17) is 4.74 Å². The van der Waals surface area contributed by atoms with Gasteiger partial charge in [-0.05, 0) is 25.7 Å². The van der Waals surface area contributed by atoms with Crippen molar-refractivity contribution in [1.82, 2.24) is 5.32 Å². The van der Waals surface area contributed by atoms with Gasteiger partial charge in [0.15, 0.2) is 0 Å². The number of methoxy groups -OCH3 is 1. The number of hydrogen-bond donors (Lipinski definition) is 2. The summed E-state index contributed by atoms with van der Waals surface area (Å²) in [6.45, 7) is 2.54. The van der Waals surface area contributed by atoms with Gasteiger partial charge in [0.2, 0.25) is 5.91 Å². The standard InChI is InChI=1S/C14H27NO3/c1-14(17,8-9-18-2)11-15-13(16)10-12-6-4-3-5-7-12/h12,17H,3-11H2,1-2H3,(H,15,16). The Morgan fingerprint density at radius 3 is 2.67 bits per heavy atom. The molecule has 0 aliphatic heterocycles. The molecule has 1 unspecified atom stereocenters. The van der Waals surface area contributed by atoms with Gasteiger partial charge in [0.25, 0.3) is 0 Å². The zero-order valence-electron chi connectivity index (χ0n) is 11.7. The van der Waals surface area contributed by atoms with E-state index in [1.807, 2.05) is 0 Å². The van der Waals surface area contributed by atoms with Crippen LogP contribution in [0.5, 0.6) is 0 Å². The number of nitrogens with one attached hydrogen (secondary N) is 1. The number of carbonyl (C=O) groups is 1. The molecule has 18 heavy (non-hydrogen) atoms. The first-order valence-electron chi connectivity index (χ1n) is 7.01. The van der Waals surface area contributed by atoms with Crippen molar-refractivity contribution in [1.29, 1.82) is 0 Å². The summed E-state index contributed by atoms with van der Waals surface area (Å²) in [4.78, 5) is 11.8. The van der Waals surface area contributed by atoms with Crippen LogP contribution in [-0.2, 0) is 9.53 Å². The molecule has 0 aromatic rings. The van der Waals surface area contributed by atoms with E-state index in [0.717, 1.165) is 0 Å². The number of aliphatic hydroxyl groups is 1. The zero-order valence-corrected chi connectivity index (χ0v) is 11.7. The van der Waals surface area contributed by atoms with E-state index in [0.29, 0.717) is 31.9 Å². The smallest absolute Gasteiger partial charge is 0.220 e. The Morgan fingerprint density at radius 2 is 2.06 bits per heavy atom. The van der Waals surface area contributed by atoms with Crippen molar-refractivity contribution >= 4 is 5.91 Å². The fraction of sp³-hybridized carbons (Fsp3) is 0.929. The zero-order chi connectivity index (χ0) is 13.4. The second kappa shape index (κ2) is 7.74. The lowest BCUT2D eigenvalue weighted by molar-refractivity contribution is -0.123. The van der Waals surface area contributed by atoms with Gasteiger partial charge in [-0.25, -0.2) is 0 Å². The van der Waals surface area contributed by atoms with E-state index in [1.165, 1.54) is 32.1 Å². The van der Waals surface area contributed by atoms with Crippen LogP contribution in [0.2, 0.25) is 0 Å². The molecule has 1 aliphatic carbocycles. The fourth-order valence-corrected chi connectivity index (χ4v) is 2.42. The van der Waals surface area contributed by atoms with Crippen LogP contribution in [0.25, 0.3) is 0 Å². The molecule has 0 aromatic carbocycles. The van der Waals surface area contributed by atoms with Gasteiger partial charge in [-0.1, -0.05) is 19.3 Å². The van der Waals surface area contributed by atoms with Gasteiger partial charge in [-0.2, -0.15) is 0 Å². The first-order valence-corrected chi connectivity index (χ1v) is 7.01. The van der Waals surface area contributed by atoms with Gasteiger partial charge in [0.05, 0.1) is 5.60 Å². The minimum absolute atomic E-state index is 0.0691. The highest BCUT2D eigenvalue weighted by molar-refractivity contribution is 5.76. The van der Waals surface area contributed by atoms with Gasteiger partial charge in [0.1, 0.15) is 0 Å². The molecule has 0 saturated heterocycles. The molecule has 0 aromatic heterocycles. The SMILES string of the molecule is COCCC(C)(O)CNC(=O)CC1CCCCC1. The molecule has 4 heteroatoms. The Balaban J connectivity index is 2.19. The van der Waals surface area contributed by atoms with Gasteiger partial charge in [-0.3, -0.25) is 4.79 Å². The fourth-order valence-electron chi connectivity index (χ4n) is 2.42. The van der Waals surface area contributed by atoms with Crippen LogP contribution < -0.4 is 5.32 Å². The minimum Gasteiger partial charge on any atom is -0.388 e. The second-order valence-electron chi connectivity index (χ2n) is 5.72. The lowest BCUT2D eigenvalue weighted by Gasteiger charge is -2.25. The number of amides is 1. The summed E-state index contributed by atoms with van der Waals surface area (Å²) in [5.74, 6) is 0.613. The van der Waals surface area contributed by atoms with Crippen molar-refractivity contribution in [3.05, 3.63) is 0 Å². The summed E-state index contributed by atoms with van der Waals surface area (Å²) < 4.78 is 4.93. The summed E-state index contributed by atoms with van der Waals surface area (Å²) in [5.41, 5.74) is -0.877. The molecule has 4 nitrogen and oxygen atoms in total. The Labute approximate surface area is 110 Å². The van der Waals surface area contributed by atoms with Crippen LogP contribution in [0.4, 0.5) is 0 Å². The molecule has 0 spiro atoms. The highest BCUT2D eigenvalue weighted by atomic mass is 16.5. The van der Waals surface area contributed by atoms with E-state index >= 15 is 0 Å². The van der Waals surface area contributed by atoms with Crippen LogP contribution in [-0.4, -0.2) is 36.9 Å². The van der Waals surface area contributed by atoms with Crippen LogP contribution in [0.3, 0.4) is 0 Å². The summed E-state index contributed by atoms with van der Waals surface area (Å²) in [6.07, 6.45) is 7.31. The molecule has 1 saturated carbocycles. The van der Waals surface area contributed by atoms with E-state index in [-0.39, 0.29) is 5.91 Å². The van der Waals surface area contributed by atoms with E-state index < -0.39 is 5.60 Å². The van der Waals surface area contributed by atoms with Crippen molar-refractivity contribution in [2.75, 3.05) is 20.3 Å². The van der Waals surface area contributed by atoms with Crippen molar-refractivity contribution in [3.63, 3.8) is 0 Å². The number of ether oxygens (including phenoxy) is 1. The third kappa shape index (κ3) is 6.36. The van der Waals surface area contributed by atoms with E-state index in [9.17, 15) is 9.90 Å². The Morgan fingerprint density at radius 1 is 1.39 bits per heavy atom. The molecule has 1 rings (SSSR count). The predicted octanol–water partition coefficient (Wildman–Crippen LogP) is 1.86. The topological polar surface area (TPSA) is 58.6 Å². The molecule has 0 bridgehead atoms. The average molecular weight is 257 g/mol. The molecular weight excluding hydrogens is 230 g/mol. The van der Waals surface area contributed by atoms with Gasteiger partial charge in [0, 0.05) is 33.1 Å². The number of carbonyl (C=O) groups excluding carboxylic acids is 1. The third-order valence-corrected chi connectivity index (χ3v) is 3.71. The highest BCUT2D eigenvalue weighted by Gasteiger charge is 2.22. The van der Waals surface area contributed by atoms with E-state index in [1.54, 1.807) is 14.0 Å². The maximum absolute atomic E-state index is 11.8. The minimum atomic E-state index is -0.877. The van der Waals surface area contributed by atoms with Crippen molar-refractivity contribution < 1.29 is 14.6 Å². The molecular formula is C14H27NO3. The maximum Gasteiger partial charge on any atom is 0.220 e. The van der Waals surface area contributed by atoms with Crippen molar-refractivity contribution in [2.45, 2.75) is 57.5 Å². The first kappa shape index (κ1) is 15.4. The van der Waals surface area contributed by atoms with Crippen LogP contribution in [0, 0.1) is 5.92 Å². The van der Waals surface area contributed by atoms with E-state index in [2.05, 4.69) is 5.32 Å². The predicted molar refractivity (Wildman–Crippen MR) is 71.3 cm³/mol. The summed E-state index contributed by atoms with van der Waals surface area (Å²) in [6, 6.07) is 0. The van der Waals surface area contributed by atoms with Crippen LogP contribution in [0.15, 0.2) is 0 Å². The van der Waals surface area contributed by atoms with Crippen LogP contribution in [0.1, 0.15) is 51.9 Å². The van der Waals surface area contributed by atoms with Gasteiger partial charge < -0.3 is 15.2 Å². The van der Waals surface area contributed by atoms with Gasteiger partial charge >= 0.3 is 0 Å². The average Bonchev–Trinajstić information content (AvgIpc) is 2.36.